The summed E-state index contributed by atoms with van der Waals surface area (Å²) in [6, 6.07) is 3.72. The van der Waals surface area contributed by atoms with Gasteiger partial charge in [-0.05, 0) is 57.6 Å². The van der Waals surface area contributed by atoms with Gasteiger partial charge in [0.05, 0.1) is 11.3 Å². The minimum Gasteiger partial charge on any atom is -0.396 e. The zero-order valence-corrected chi connectivity index (χ0v) is 16.1. The Labute approximate surface area is 159 Å². The lowest BCUT2D eigenvalue weighted by molar-refractivity contribution is 0.0953. The summed E-state index contributed by atoms with van der Waals surface area (Å²) >= 11 is 0. The number of rotatable bonds is 7. The molecule has 1 fully saturated rings. The molecule has 0 saturated carbocycles. The van der Waals surface area contributed by atoms with Gasteiger partial charge in [0.2, 0.25) is 0 Å². The lowest BCUT2D eigenvalue weighted by Gasteiger charge is -2.31. The minimum atomic E-state index is -0.105. The molecule has 1 amide bonds. The summed E-state index contributed by atoms with van der Waals surface area (Å²) in [6.45, 7) is 6.49. The topological polar surface area (TPSA) is 91.5 Å². The molecule has 1 saturated heterocycles. The highest BCUT2D eigenvalue weighted by Gasteiger charge is 2.19. The number of nitrogens with one attached hydrogen (secondary N) is 1. The van der Waals surface area contributed by atoms with Crippen molar-refractivity contribution in [3.05, 3.63) is 40.9 Å². The van der Waals surface area contributed by atoms with Crippen molar-refractivity contribution in [1.29, 1.82) is 0 Å². The van der Waals surface area contributed by atoms with Crippen LogP contribution in [0.15, 0.2) is 22.9 Å². The smallest absolute Gasteiger partial charge is 0.252 e. The number of aliphatic hydroxyl groups excluding tert-OH is 1. The van der Waals surface area contributed by atoms with Gasteiger partial charge in [-0.25, -0.2) is 4.98 Å². The van der Waals surface area contributed by atoms with Crippen LogP contribution in [0.4, 0.5) is 5.82 Å². The molecule has 2 N–H and O–H groups in total. The van der Waals surface area contributed by atoms with Gasteiger partial charge in [-0.15, -0.1) is 0 Å². The molecule has 27 heavy (non-hydrogen) atoms. The van der Waals surface area contributed by atoms with Crippen LogP contribution in [0, 0.1) is 19.8 Å². The molecular weight excluding hydrogens is 344 g/mol. The van der Waals surface area contributed by atoms with Gasteiger partial charge in [-0.1, -0.05) is 5.16 Å². The summed E-state index contributed by atoms with van der Waals surface area (Å²) in [6.07, 6.45) is 5.26. The zero-order chi connectivity index (χ0) is 19.2. The molecule has 3 rings (SSSR count). The third-order valence-electron chi connectivity index (χ3n) is 5.28. The lowest BCUT2D eigenvalue weighted by atomic mass is 9.98. The van der Waals surface area contributed by atoms with Gasteiger partial charge in [0.1, 0.15) is 11.6 Å². The Hall–Kier alpha value is -2.41. The largest absolute Gasteiger partial charge is 0.396 e. The first kappa shape index (κ1) is 19.4. The normalized spacial score (nSPS) is 15.1. The Kier molecular flexibility index (Phi) is 6.45. The van der Waals surface area contributed by atoms with Crippen molar-refractivity contribution in [2.45, 2.75) is 39.5 Å². The number of carbonyl (C=O) groups is 1. The van der Waals surface area contributed by atoms with Crippen LogP contribution in [0.25, 0.3) is 0 Å². The van der Waals surface area contributed by atoms with E-state index in [1.54, 1.807) is 6.20 Å². The Morgan fingerprint density at radius 1 is 1.33 bits per heavy atom. The molecular formula is C20H28N4O3. The summed E-state index contributed by atoms with van der Waals surface area (Å²) < 4.78 is 5.15. The molecule has 1 aliphatic rings. The second-order valence-electron chi connectivity index (χ2n) is 7.18. The van der Waals surface area contributed by atoms with Crippen molar-refractivity contribution < 1.29 is 14.4 Å². The fourth-order valence-corrected chi connectivity index (χ4v) is 3.48. The molecule has 2 aromatic heterocycles. The van der Waals surface area contributed by atoms with E-state index in [9.17, 15) is 9.90 Å². The van der Waals surface area contributed by atoms with Gasteiger partial charge in [-0.3, -0.25) is 4.79 Å². The monoisotopic (exact) mass is 372 g/mol. The van der Waals surface area contributed by atoms with E-state index in [0.717, 1.165) is 61.6 Å². The molecule has 0 unspecified atom stereocenters. The molecule has 7 nitrogen and oxygen atoms in total. The highest BCUT2D eigenvalue weighted by Crippen LogP contribution is 2.21. The number of aromatic nitrogens is 2. The molecule has 146 valence electrons. The molecule has 0 aromatic carbocycles. The quantitative estimate of drug-likeness (QED) is 0.725. The van der Waals surface area contributed by atoms with Crippen LogP contribution in [0.1, 0.15) is 46.6 Å². The fourth-order valence-electron chi connectivity index (χ4n) is 3.48. The number of aryl methyl sites for hydroxylation is 2. The maximum Gasteiger partial charge on any atom is 0.252 e. The number of piperidine rings is 1. The van der Waals surface area contributed by atoms with Gasteiger partial charge in [0.15, 0.2) is 0 Å². The molecule has 2 aromatic rings. The predicted octanol–water partition coefficient (Wildman–Crippen LogP) is 2.26. The van der Waals surface area contributed by atoms with Crippen LogP contribution in [-0.4, -0.2) is 47.4 Å². The van der Waals surface area contributed by atoms with E-state index in [1.807, 2.05) is 26.0 Å². The van der Waals surface area contributed by atoms with E-state index in [4.69, 9.17) is 4.52 Å². The summed E-state index contributed by atoms with van der Waals surface area (Å²) in [7, 11) is 0. The van der Waals surface area contributed by atoms with Crippen molar-refractivity contribution in [2.24, 2.45) is 5.92 Å². The van der Waals surface area contributed by atoms with E-state index in [2.05, 4.69) is 20.4 Å². The van der Waals surface area contributed by atoms with E-state index in [0.29, 0.717) is 18.0 Å². The molecule has 3 heterocycles. The zero-order valence-electron chi connectivity index (χ0n) is 16.1. The first-order valence-corrected chi connectivity index (χ1v) is 9.60. The van der Waals surface area contributed by atoms with Gasteiger partial charge < -0.3 is 19.8 Å². The van der Waals surface area contributed by atoms with Crippen LogP contribution in [0.2, 0.25) is 0 Å². The average molecular weight is 372 g/mol. The summed E-state index contributed by atoms with van der Waals surface area (Å²) in [4.78, 5) is 18.9. The number of hydrogen-bond donors (Lipinski definition) is 2. The Morgan fingerprint density at radius 2 is 2.11 bits per heavy atom. The molecule has 0 bridgehead atoms. The van der Waals surface area contributed by atoms with Crippen molar-refractivity contribution in [3.8, 4) is 0 Å². The minimum absolute atomic E-state index is 0.105. The second kappa shape index (κ2) is 8.99. The summed E-state index contributed by atoms with van der Waals surface area (Å²) in [5.41, 5.74) is 2.61. The molecule has 0 aliphatic carbocycles. The highest BCUT2D eigenvalue weighted by molar-refractivity contribution is 5.94. The molecule has 0 spiro atoms. The van der Waals surface area contributed by atoms with Crippen LogP contribution in [0.3, 0.4) is 0 Å². The third-order valence-corrected chi connectivity index (χ3v) is 5.28. The van der Waals surface area contributed by atoms with Gasteiger partial charge in [0.25, 0.3) is 5.91 Å². The van der Waals surface area contributed by atoms with E-state index in [-0.39, 0.29) is 12.5 Å². The highest BCUT2D eigenvalue weighted by atomic mass is 16.5. The standard InChI is InChI=1S/C20H28N4O3/c1-14-18(15(2)27-23-14)4-3-9-21-20(26)17-5-6-19(22-12-17)24-10-7-16(13-25)8-11-24/h5-6,12,16,25H,3-4,7-11,13H2,1-2H3,(H,21,26). The first-order chi connectivity index (χ1) is 13.1. The van der Waals surface area contributed by atoms with E-state index >= 15 is 0 Å². The molecule has 0 radical (unpaired) electrons. The number of carbonyl (C=O) groups excluding carboxylic acids is 1. The Morgan fingerprint density at radius 3 is 2.70 bits per heavy atom. The maximum absolute atomic E-state index is 12.3. The third kappa shape index (κ3) is 4.86. The predicted molar refractivity (Wildman–Crippen MR) is 103 cm³/mol. The number of hydrogen-bond acceptors (Lipinski definition) is 6. The van der Waals surface area contributed by atoms with Crippen molar-refractivity contribution in [3.63, 3.8) is 0 Å². The number of nitrogens with zero attached hydrogens (tertiary/aromatic N) is 3. The van der Waals surface area contributed by atoms with Crippen LogP contribution >= 0.6 is 0 Å². The number of amides is 1. The van der Waals surface area contributed by atoms with Gasteiger partial charge >= 0.3 is 0 Å². The summed E-state index contributed by atoms with van der Waals surface area (Å²) in [5, 5.41) is 16.1. The second-order valence-corrected chi connectivity index (χ2v) is 7.18. The van der Waals surface area contributed by atoms with Crippen LogP contribution in [0.5, 0.6) is 0 Å². The average Bonchev–Trinajstić information content (AvgIpc) is 3.03. The lowest BCUT2D eigenvalue weighted by Crippen LogP contribution is -2.35. The van der Waals surface area contributed by atoms with Gasteiger partial charge in [0, 0.05) is 38.0 Å². The van der Waals surface area contributed by atoms with Crippen LogP contribution in [-0.2, 0) is 6.42 Å². The van der Waals surface area contributed by atoms with Crippen LogP contribution < -0.4 is 10.2 Å². The van der Waals surface area contributed by atoms with Crippen molar-refractivity contribution >= 4 is 11.7 Å². The SMILES string of the molecule is Cc1noc(C)c1CCCNC(=O)c1ccc(N2CCC(CO)CC2)nc1. The van der Waals surface area contributed by atoms with E-state index < -0.39 is 0 Å². The Balaban J connectivity index is 1.45. The van der Waals surface area contributed by atoms with Crippen molar-refractivity contribution in [2.75, 3.05) is 31.1 Å². The van der Waals surface area contributed by atoms with Crippen molar-refractivity contribution in [1.82, 2.24) is 15.5 Å². The fraction of sp³-hybridized carbons (Fsp3) is 0.550. The Bertz CT molecular complexity index is 730. The number of aliphatic hydroxyl groups is 1. The van der Waals surface area contributed by atoms with Gasteiger partial charge in [-0.2, -0.15) is 0 Å². The molecule has 7 heteroatoms. The molecule has 0 atom stereocenters. The van der Waals surface area contributed by atoms with E-state index in [1.165, 1.54) is 0 Å². The summed E-state index contributed by atoms with van der Waals surface area (Å²) in [5.74, 6) is 2.03. The maximum atomic E-state index is 12.3. The number of pyridine rings is 1. The first-order valence-electron chi connectivity index (χ1n) is 9.60. The number of anilines is 1. The molecule has 1 aliphatic heterocycles.